The van der Waals surface area contributed by atoms with E-state index in [1.165, 1.54) is 5.69 Å². The molecular weight excluding hydrogens is 352 g/mol. The third-order valence-corrected chi connectivity index (χ3v) is 5.61. The lowest BCUT2D eigenvalue weighted by Crippen LogP contribution is -2.46. The summed E-state index contributed by atoms with van der Waals surface area (Å²) in [6.07, 6.45) is 1.74. The van der Waals surface area contributed by atoms with Crippen molar-refractivity contribution < 1.29 is 8.83 Å². The Morgan fingerprint density at radius 3 is 2.50 bits per heavy atom. The fraction of sp³-hybridized carbons (Fsp3) is 0.261. The second kappa shape index (κ2) is 6.84. The maximum Gasteiger partial charge on any atom is 0.336 e. The van der Waals surface area contributed by atoms with E-state index < -0.39 is 0 Å². The zero-order valence-corrected chi connectivity index (χ0v) is 15.9. The molecule has 0 radical (unpaired) electrons. The quantitative estimate of drug-likeness (QED) is 0.504. The Labute approximate surface area is 162 Å². The van der Waals surface area contributed by atoms with E-state index in [9.17, 15) is 4.79 Å². The van der Waals surface area contributed by atoms with E-state index in [1.807, 2.05) is 19.1 Å². The van der Waals surface area contributed by atoms with Crippen LogP contribution in [0.1, 0.15) is 11.1 Å². The van der Waals surface area contributed by atoms with Gasteiger partial charge >= 0.3 is 5.63 Å². The van der Waals surface area contributed by atoms with Crippen molar-refractivity contribution in [2.24, 2.45) is 0 Å². The first-order chi connectivity index (χ1) is 13.7. The van der Waals surface area contributed by atoms with Crippen LogP contribution in [0.5, 0.6) is 0 Å². The molecule has 0 unspecified atom stereocenters. The van der Waals surface area contributed by atoms with Gasteiger partial charge in [0.05, 0.1) is 6.26 Å². The first-order valence-corrected chi connectivity index (χ1v) is 9.64. The van der Waals surface area contributed by atoms with Crippen LogP contribution in [0, 0.1) is 6.92 Å². The molecule has 0 spiro atoms. The highest BCUT2D eigenvalue weighted by Crippen LogP contribution is 2.28. The van der Waals surface area contributed by atoms with Crippen molar-refractivity contribution in [2.75, 3.05) is 31.1 Å². The molecule has 0 atom stereocenters. The molecule has 5 heteroatoms. The molecule has 1 aliphatic heterocycles. The van der Waals surface area contributed by atoms with Crippen LogP contribution in [-0.2, 0) is 6.54 Å². The van der Waals surface area contributed by atoms with E-state index >= 15 is 0 Å². The molecule has 5 rings (SSSR count). The largest absolute Gasteiger partial charge is 0.464 e. The minimum absolute atomic E-state index is 0.312. The summed E-state index contributed by atoms with van der Waals surface area (Å²) in [6, 6.07) is 16.1. The van der Waals surface area contributed by atoms with E-state index in [2.05, 4.69) is 40.1 Å². The minimum Gasteiger partial charge on any atom is -0.464 e. The van der Waals surface area contributed by atoms with Gasteiger partial charge in [-0.1, -0.05) is 18.2 Å². The zero-order chi connectivity index (χ0) is 19.1. The second-order valence-corrected chi connectivity index (χ2v) is 7.45. The molecule has 0 N–H and O–H groups in total. The van der Waals surface area contributed by atoms with Gasteiger partial charge in [-0.25, -0.2) is 4.79 Å². The van der Waals surface area contributed by atoms with Gasteiger partial charge in [-0.05, 0) is 36.2 Å². The Kier molecular flexibility index (Phi) is 4.17. The number of hydrogen-bond donors (Lipinski definition) is 0. The highest BCUT2D eigenvalue weighted by Gasteiger charge is 2.19. The molecular formula is C23H22N2O3. The van der Waals surface area contributed by atoms with Gasteiger partial charge in [-0.3, -0.25) is 4.90 Å². The summed E-state index contributed by atoms with van der Waals surface area (Å²) in [7, 11) is 0. The van der Waals surface area contributed by atoms with Crippen LogP contribution >= 0.6 is 0 Å². The third-order valence-electron chi connectivity index (χ3n) is 5.61. The smallest absolute Gasteiger partial charge is 0.336 e. The van der Waals surface area contributed by atoms with Gasteiger partial charge in [0, 0.05) is 61.3 Å². The van der Waals surface area contributed by atoms with E-state index in [0.29, 0.717) is 5.58 Å². The standard InChI is InChI=1S/C23H22N2O3/c1-16-15-27-21-13-22-20(12-19(16)21)17(11-23(26)28-22)14-24-7-9-25(10-8-24)18-5-3-2-4-6-18/h2-6,11-13,15H,7-10,14H2,1H3. The number of hydrogen-bond acceptors (Lipinski definition) is 5. The van der Waals surface area contributed by atoms with E-state index in [4.69, 9.17) is 8.83 Å². The van der Waals surface area contributed by atoms with Crippen LogP contribution in [0.3, 0.4) is 0 Å². The maximum absolute atomic E-state index is 12.1. The molecule has 0 amide bonds. The monoisotopic (exact) mass is 374 g/mol. The van der Waals surface area contributed by atoms with Gasteiger partial charge in [0.1, 0.15) is 11.2 Å². The lowest BCUT2D eigenvalue weighted by molar-refractivity contribution is 0.250. The van der Waals surface area contributed by atoms with E-state index in [1.54, 1.807) is 12.3 Å². The lowest BCUT2D eigenvalue weighted by atomic mass is 10.1. The van der Waals surface area contributed by atoms with Crippen LogP contribution in [0.15, 0.2) is 68.4 Å². The van der Waals surface area contributed by atoms with E-state index in [-0.39, 0.29) is 5.63 Å². The first-order valence-electron chi connectivity index (χ1n) is 9.64. The van der Waals surface area contributed by atoms with Gasteiger partial charge < -0.3 is 13.7 Å². The average Bonchev–Trinajstić information content (AvgIpc) is 3.08. The van der Waals surface area contributed by atoms with Crippen molar-refractivity contribution >= 4 is 27.6 Å². The summed E-state index contributed by atoms with van der Waals surface area (Å²) in [5.41, 5.74) is 4.40. The zero-order valence-electron chi connectivity index (χ0n) is 15.9. The van der Waals surface area contributed by atoms with Crippen LogP contribution in [0.4, 0.5) is 5.69 Å². The number of rotatable bonds is 3. The first kappa shape index (κ1) is 17.1. The summed E-state index contributed by atoms with van der Waals surface area (Å²) in [6.45, 7) is 6.66. The molecule has 4 aromatic rings. The molecule has 28 heavy (non-hydrogen) atoms. The molecule has 5 nitrogen and oxygen atoms in total. The Morgan fingerprint density at radius 1 is 0.929 bits per heavy atom. The van der Waals surface area contributed by atoms with Crippen molar-refractivity contribution in [1.29, 1.82) is 0 Å². The number of furan rings is 1. The summed E-state index contributed by atoms with van der Waals surface area (Å²) >= 11 is 0. The number of aryl methyl sites for hydroxylation is 1. The molecule has 2 aromatic heterocycles. The lowest BCUT2D eigenvalue weighted by Gasteiger charge is -2.36. The number of benzene rings is 2. The Morgan fingerprint density at radius 2 is 1.71 bits per heavy atom. The topological polar surface area (TPSA) is 49.8 Å². The summed E-state index contributed by atoms with van der Waals surface area (Å²) < 4.78 is 11.0. The molecule has 1 aliphatic rings. The summed E-state index contributed by atoms with van der Waals surface area (Å²) in [4.78, 5) is 16.9. The summed E-state index contributed by atoms with van der Waals surface area (Å²) in [5.74, 6) is 0. The molecule has 0 aliphatic carbocycles. The van der Waals surface area contributed by atoms with Crippen LogP contribution in [0.25, 0.3) is 21.9 Å². The predicted molar refractivity (Wildman–Crippen MR) is 111 cm³/mol. The van der Waals surface area contributed by atoms with Crippen molar-refractivity contribution in [3.63, 3.8) is 0 Å². The highest BCUT2D eigenvalue weighted by atomic mass is 16.4. The Hall–Kier alpha value is -3.05. The Balaban J connectivity index is 1.41. The fourth-order valence-electron chi connectivity index (χ4n) is 4.05. The SMILES string of the molecule is Cc1coc2cc3oc(=O)cc(CN4CCN(c5ccccc5)CC4)c3cc12. The molecule has 0 saturated carbocycles. The number of nitrogens with zero attached hydrogens (tertiary/aromatic N) is 2. The fourth-order valence-corrected chi connectivity index (χ4v) is 4.05. The molecule has 3 heterocycles. The molecule has 1 saturated heterocycles. The van der Waals surface area contributed by atoms with Crippen molar-refractivity contribution in [3.05, 3.63) is 76.3 Å². The van der Waals surface area contributed by atoms with E-state index in [0.717, 1.165) is 60.2 Å². The normalized spacial score (nSPS) is 15.5. The van der Waals surface area contributed by atoms with Crippen LogP contribution in [-0.4, -0.2) is 31.1 Å². The van der Waals surface area contributed by atoms with Crippen molar-refractivity contribution in [3.8, 4) is 0 Å². The summed E-state index contributed by atoms with van der Waals surface area (Å²) in [5, 5.41) is 2.05. The predicted octanol–water partition coefficient (Wildman–Crippen LogP) is 4.17. The number of para-hydroxylation sites is 1. The minimum atomic E-state index is -0.312. The van der Waals surface area contributed by atoms with Gasteiger partial charge in [0.2, 0.25) is 0 Å². The van der Waals surface area contributed by atoms with Gasteiger partial charge in [-0.2, -0.15) is 0 Å². The van der Waals surface area contributed by atoms with Crippen LogP contribution < -0.4 is 10.5 Å². The molecule has 1 fully saturated rings. The third kappa shape index (κ3) is 3.08. The second-order valence-electron chi connectivity index (χ2n) is 7.45. The number of fused-ring (bicyclic) bond motifs is 2. The van der Waals surface area contributed by atoms with Gasteiger partial charge in [0.15, 0.2) is 0 Å². The molecule has 142 valence electrons. The Bertz CT molecular complexity index is 1190. The maximum atomic E-state index is 12.1. The molecule has 2 aromatic carbocycles. The number of anilines is 1. The van der Waals surface area contributed by atoms with Crippen molar-refractivity contribution in [2.45, 2.75) is 13.5 Å². The van der Waals surface area contributed by atoms with Gasteiger partial charge in [0.25, 0.3) is 0 Å². The van der Waals surface area contributed by atoms with Crippen LogP contribution in [0.2, 0.25) is 0 Å². The highest BCUT2D eigenvalue weighted by molar-refractivity contribution is 5.96. The molecule has 0 bridgehead atoms. The van der Waals surface area contributed by atoms with Crippen molar-refractivity contribution in [1.82, 2.24) is 4.90 Å². The average molecular weight is 374 g/mol. The van der Waals surface area contributed by atoms with Gasteiger partial charge in [-0.15, -0.1) is 0 Å². The number of piperazine rings is 1.